The molecular formula is C11H20N4O. The highest BCUT2D eigenvalue weighted by molar-refractivity contribution is 5.76. The van der Waals surface area contributed by atoms with Crippen molar-refractivity contribution < 1.29 is 4.79 Å². The summed E-state index contributed by atoms with van der Waals surface area (Å²) in [5.74, 6) is 1.05. The fraction of sp³-hybridized carbons (Fsp3) is 0.636. The highest BCUT2D eigenvalue weighted by Crippen LogP contribution is 2.12. The second kappa shape index (κ2) is 6.27. The third-order valence-corrected chi connectivity index (χ3v) is 2.53. The maximum Gasteiger partial charge on any atom is 0.220 e. The van der Waals surface area contributed by atoms with Gasteiger partial charge in [0.15, 0.2) is 0 Å². The number of aromatic amines is 1. The molecule has 90 valence electrons. The normalized spacial score (nSPS) is 14.4. The SMILES string of the molecule is CCC(NC(=O)CC(C)CN)c1ncc[nH]1. The summed E-state index contributed by atoms with van der Waals surface area (Å²) in [7, 11) is 0. The minimum atomic E-state index is -0.0347. The number of nitrogens with two attached hydrogens (primary N) is 1. The number of aromatic nitrogens is 2. The van der Waals surface area contributed by atoms with Gasteiger partial charge in [0.2, 0.25) is 5.91 Å². The Bertz CT molecular complexity index is 310. The third kappa shape index (κ3) is 3.66. The van der Waals surface area contributed by atoms with Crippen LogP contribution in [0.1, 0.15) is 38.6 Å². The second-order valence-electron chi connectivity index (χ2n) is 4.05. The van der Waals surface area contributed by atoms with Crippen LogP contribution in [0.25, 0.3) is 0 Å². The molecule has 16 heavy (non-hydrogen) atoms. The van der Waals surface area contributed by atoms with E-state index >= 15 is 0 Å². The van der Waals surface area contributed by atoms with Crippen molar-refractivity contribution in [2.75, 3.05) is 6.54 Å². The topological polar surface area (TPSA) is 83.8 Å². The number of rotatable bonds is 6. The van der Waals surface area contributed by atoms with Gasteiger partial charge >= 0.3 is 0 Å². The van der Waals surface area contributed by atoms with Gasteiger partial charge in [0.05, 0.1) is 6.04 Å². The molecule has 5 nitrogen and oxygen atoms in total. The predicted octanol–water partition coefficient (Wildman–Crippen LogP) is 0.962. The van der Waals surface area contributed by atoms with Crippen LogP contribution in [0.4, 0.5) is 0 Å². The van der Waals surface area contributed by atoms with Gasteiger partial charge < -0.3 is 16.0 Å². The summed E-state index contributed by atoms with van der Waals surface area (Å²) in [6, 6.07) is -0.0347. The van der Waals surface area contributed by atoms with E-state index in [1.165, 1.54) is 0 Å². The van der Waals surface area contributed by atoms with E-state index in [0.29, 0.717) is 13.0 Å². The molecular weight excluding hydrogens is 204 g/mol. The lowest BCUT2D eigenvalue weighted by Crippen LogP contribution is -2.31. The zero-order valence-electron chi connectivity index (χ0n) is 9.86. The van der Waals surface area contributed by atoms with Gasteiger partial charge in [0.1, 0.15) is 5.82 Å². The van der Waals surface area contributed by atoms with E-state index in [1.807, 2.05) is 13.8 Å². The van der Waals surface area contributed by atoms with Crippen molar-refractivity contribution in [2.45, 2.75) is 32.7 Å². The standard InChI is InChI=1S/C11H20N4O/c1-3-9(11-13-4-5-14-11)15-10(16)6-8(2)7-12/h4-5,8-9H,3,6-7,12H2,1-2H3,(H,13,14)(H,15,16). The highest BCUT2D eigenvalue weighted by atomic mass is 16.1. The smallest absolute Gasteiger partial charge is 0.220 e. The van der Waals surface area contributed by atoms with Crippen LogP contribution >= 0.6 is 0 Å². The largest absolute Gasteiger partial charge is 0.347 e. The van der Waals surface area contributed by atoms with Gasteiger partial charge in [-0.1, -0.05) is 13.8 Å². The Kier molecular flexibility index (Phi) is 4.98. The average molecular weight is 224 g/mol. The second-order valence-corrected chi connectivity index (χ2v) is 4.05. The first kappa shape index (κ1) is 12.7. The Morgan fingerprint density at radius 3 is 2.94 bits per heavy atom. The molecule has 1 aromatic heterocycles. The van der Waals surface area contributed by atoms with E-state index < -0.39 is 0 Å². The molecule has 4 N–H and O–H groups in total. The molecule has 0 fully saturated rings. The first-order valence-corrected chi connectivity index (χ1v) is 5.66. The summed E-state index contributed by atoms with van der Waals surface area (Å²) in [6.07, 6.45) is 4.73. The number of carbonyl (C=O) groups excluding carboxylic acids is 1. The quantitative estimate of drug-likeness (QED) is 0.673. The number of nitrogens with zero attached hydrogens (tertiary/aromatic N) is 1. The van der Waals surface area contributed by atoms with Gasteiger partial charge in [-0.2, -0.15) is 0 Å². The third-order valence-electron chi connectivity index (χ3n) is 2.53. The van der Waals surface area contributed by atoms with Crippen molar-refractivity contribution in [1.29, 1.82) is 0 Å². The zero-order valence-corrected chi connectivity index (χ0v) is 9.86. The fourth-order valence-electron chi connectivity index (χ4n) is 1.48. The van der Waals surface area contributed by atoms with Crippen LogP contribution in [0, 0.1) is 5.92 Å². The Hall–Kier alpha value is -1.36. The molecule has 0 radical (unpaired) electrons. The van der Waals surface area contributed by atoms with E-state index in [0.717, 1.165) is 12.2 Å². The van der Waals surface area contributed by atoms with Crippen LogP contribution < -0.4 is 11.1 Å². The van der Waals surface area contributed by atoms with E-state index in [9.17, 15) is 4.79 Å². The summed E-state index contributed by atoms with van der Waals surface area (Å²) in [6.45, 7) is 4.51. The van der Waals surface area contributed by atoms with Crippen LogP contribution in [-0.2, 0) is 4.79 Å². The van der Waals surface area contributed by atoms with Crippen molar-refractivity contribution in [2.24, 2.45) is 11.7 Å². The first-order chi connectivity index (χ1) is 7.67. The minimum absolute atomic E-state index is 0.0289. The van der Waals surface area contributed by atoms with Gasteiger partial charge in [-0.3, -0.25) is 4.79 Å². The molecule has 2 atom stereocenters. The molecule has 1 rings (SSSR count). The van der Waals surface area contributed by atoms with E-state index in [-0.39, 0.29) is 17.9 Å². The van der Waals surface area contributed by atoms with E-state index in [1.54, 1.807) is 12.4 Å². The minimum Gasteiger partial charge on any atom is -0.347 e. The average Bonchev–Trinajstić information content (AvgIpc) is 2.79. The lowest BCUT2D eigenvalue weighted by molar-refractivity contribution is -0.122. The Morgan fingerprint density at radius 1 is 1.69 bits per heavy atom. The van der Waals surface area contributed by atoms with Crippen molar-refractivity contribution in [1.82, 2.24) is 15.3 Å². The lowest BCUT2D eigenvalue weighted by atomic mass is 10.1. The number of imidazole rings is 1. The molecule has 0 aliphatic rings. The van der Waals surface area contributed by atoms with Crippen LogP contribution in [-0.4, -0.2) is 22.4 Å². The van der Waals surface area contributed by atoms with Gasteiger partial charge in [-0.05, 0) is 18.9 Å². The zero-order chi connectivity index (χ0) is 12.0. The van der Waals surface area contributed by atoms with E-state index in [4.69, 9.17) is 5.73 Å². The van der Waals surface area contributed by atoms with Crippen molar-refractivity contribution in [3.8, 4) is 0 Å². The predicted molar refractivity (Wildman–Crippen MR) is 62.6 cm³/mol. The number of amides is 1. The van der Waals surface area contributed by atoms with Gasteiger partial charge in [-0.15, -0.1) is 0 Å². The highest BCUT2D eigenvalue weighted by Gasteiger charge is 2.15. The maximum absolute atomic E-state index is 11.7. The molecule has 0 aliphatic heterocycles. The summed E-state index contributed by atoms with van der Waals surface area (Å²) < 4.78 is 0. The lowest BCUT2D eigenvalue weighted by Gasteiger charge is -2.16. The molecule has 1 heterocycles. The van der Waals surface area contributed by atoms with Crippen LogP contribution in [0.15, 0.2) is 12.4 Å². The van der Waals surface area contributed by atoms with Gasteiger partial charge in [-0.25, -0.2) is 4.98 Å². The Morgan fingerprint density at radius 2 is 2.44 bits per heavy atom. The molecule has 0 aromatic carbocycles. The molecule has 0 aliphatic carbocycles. The molecule has 0 saturated carbocycles. The van der Waals surface area contributed by atoms with Crippen molar-refractivity contribution in [3.63, 3.8) is 0 Å². The van der Waals surface area contributed by atoms with Gasteiger partial charge in [0.25, 0.3) is 0 Å². The van der Waals surface area contributed by atoms with Crippen molar-refractivity contribution in [3.05, 3.63) is 18.2 Å². The number of carbonyl (C=O) groups is 1. The van der Waals surface area contributed by atoms with Crippen LogP contribution in [0.2, 0.25) is 0 Å². The van der Waals surface area contributed by atoms with Crippen LogP contribution in [0.3, 0.4) is 0 Å². The molecule has 2 unspecified atom stereocenters. The summed E-state index contributed by atoms with van der Waals surface area (Å²) >= 11 is 0. The molecule has 0 spiro atoms. The Balaban J connectivity index is 2.48. The molecule has 5 heteroatoms. The summed E-state index contributed by atoms with van der Waals surface area (Å²) in [5.41, 5.74) is 5.48. The van der Waals surface area contributed by atoms with Crippen molar-refractivity contribution >= 4 is 5.91 Å². The maximum atomic E-state index is 11.7. The number of H-pyrrole nitrogens is 1. The number of nitrogens with one attached hydrogen (secondary N) is 2. The molecule has 1 aromatic rings. The number of hydrogen-bond acceptors (Lipinski definition) is 3. The van der Waals surface area contributed by atoms with Gasteiger partial charge in [0, 0.05) is 18.8 Å². The molecule has 1 amide bonds. The van der Waals surface area contributed by atoms with Crippen LogP contribution in [0.5, 0.6) is 0 Å². The molecule has 0 saturated heterocycles. The first-order valence-electron chi connectivity index (χ1n) is 5.66. The summed E-state index contributed by atoms with van der Waals surface area (Å²) in [5, 5.41) is 2.95. The summed E-state index contributed by atoms with van der Waals surface area (Å²) in [4.78, 5) is 18.8. The molecule has 0 bridgehead atoms. The monoisotopic (exact) mass is 224 g/mol. The number of hydrogen-bond donors (Lipinski definition) is 3. The fourth-order valence-corrected chi connectivity index (χ4v) is 1.48. The van der Waals surface area contributed by atoms with E-state index in [2.05, 4.69) is 15.3 Å². The Labute approximate surface area is 95.8 Å².